The normalized spacial score (nSPS) is 12.5. The third kappa shape index (κ3) is 3.75. The lowest BCUT2D eigenvalue weighted by molar-refractivity contribution is 0.0931. The lowest BCUT2D eigenvalue weighted by atomic mass is 10.00. The van der Waals surface area contributed by atoms with Gasteiger partial charge in [-0.3, -0.25) is 14.9 Å². The standard InChI is InChI=1S/C18H19IN4O/c1-11(2)9-16(15-5-3-4-8-20-15)21-18(24)12-6-7-14-13(10-12)17(19)23-22-14/h3-8,10-11,16H,9H2,1-2H3,(H,21,24)(H,22,23). The minimum Gasteiger partial charge on any atom is -0.344 e. The molecule has 0 aliphatic rings. The molecule has 3 rings (SSSR count). The topological polar surface area (TPSA) is 70.7 Å². The van der Waals surface area contributed by atoms with Gasteiger partial charge in [0.15, 0.2) is 0 Å². The number of aromatic nitrogens is 3. The van der Waals surface area contributed by atoms with Crippen LogP contribution in [0.5, 0.6) is 0 Å². The van der Waals surface area contributed by atoms with E-state index in [1.165, 1.54) is 0 Å². The molecule has 2 aromatic heterocycles. The van der Waals surface area contributed by atoms with E-state index in [9.17, 15) is 4.79 Å². The van der Waals surface area contributed by atoms with Crippen LogP contribution < -0.4 is 5.32 Å². The van der Waals surface area contributed by atoms with Gasteiger partial charge in [-0.05, 0) is 65.3 Å². The number of H-pyrrole nitrogens is 1. The summed E-state index contributed by atoms with van der Waals surface area (Å²) in [5, 5.41) is 11.2. The zero-order valence-electron chi connectivity index (χ0n) is 13.6. The zero-order valence-corrected chi connectivity index (χ0v) is 15.7. The minimum atomic E-state index is -0.0992. The van der Waals surface area contributed by atoms with Crippen LogP contribution in [-0.2, 0) is 0 Å². The third-order valence-electron chi connectivity index (χ3n) is 3.84. The predicted octanol–water partition coefficient (Wildman–Crippen LogP) is 4.08. The number of halogens is 1. The van der Waals surface area contributed by atoms with Gasteiger partial charge >= 0.3 is 0 Å². The summed E-state index contributed by atoms with van der Waals surface area (Å²) in [5.41, 5.74) is 2.45. The molecule has 0 saturated carbocycles. The Morgan fingerprint density at radius 1 is 1.29 bits per heavy atom. The van der Waals surface area contributed by atoms with E-state index in [2.05, 4.69) is 56.9 Å². The number of nitrogens with one attached hydrogen (secondary N) is 2. The number of aromatic amines is 1. The molecule has 0 radical (unpaired) electrons. The minimum absolute atomic E-state index is 0.0924. The number of hydrogen-bond acceptors (Lipinski definition) is 3. The number of nitrogens with zero attached hydrogens (tertiary/aromatic N) is 2. The van der Waals surface area contributed by atoms with Crippen LogP contribution in [0.15, 0.2) is 42.6 Å². The van der Waals surface area contributed by atoms with Crippen molar-refractivity contribution in [3.63, 3.8) is 0 Å². The Bertz CT molecular complexity index is 845. The number of amides is 1. The third-order valence-corrected chi connectivity index (χ3v) is 4.66. The Labute approximate surface area is 154 Å². The zero-order chi connectivity index (χ0) is 17.1. The van der Waals surface area contributed by atoms with E-state index >= 15 is 0 Å². The molecule has 0 bridgehead atoms. The van der Waals surface area contributed by atoms with E-state index in [1.807, 2.05) is 36.4 Å². The van der Waals surface area contributed by atoms with Crippen molar-refractivity contribution in [2.45, 2.75) is 26.3 Å². The Morgan fingerprint density at radius 2 is 2.12 bits per heavy atom. The number of benzene rings is 1. The van der Waals surface area contributed by atoms with E-state index in [1.54, 1.807) is 6.20 Å². The Hall–Kier alpha value is -1.96. The van der Waals surface area contributed by atoms with Crippen molar-refractivity contribution in [2.24, 2.45) is 5.92 Å². The molecule has 1 aromatic carbocycles. The molecule has 24 heavy (non-hydrogen) atoms. The summed E-state index contributed by atoms with van der Waals surface area (Å²) in [6.07, 6.45) is 2.60. The monoisotopic (exact) mass is 434 g/mol. The van der Waals surface area contributed by atoms with Crippen LogP contribution in [0.1, 0.15) is 42.4 Å². The van der Waals surface area contributed by atoms with Crippen LogP contribution in [-0.4, -0.2) is 21.1 Å². The van der Waals surface area contributed by atoms with Crippen molar-refractivity contribution >= 4 is 39.4 Å². The Morgan fingerprint density at radius 3 is 2.83 bits per heavy atom. The van der Waals surface area contributed by atoms with Crippen molar-refractivity contribution in [1.82, 2.24) is 20.5 Å². The fourth-order valence-electron chi connectivity index (χ4n) is 2.67. The molecule has 0 aliphatic heterocycles. The quantitative estimate of drug-likeness (QED) is 0.595. The van der Waals surface area contributed by atoms with E-state index in [0.29, 0.717) is 11.5 Å². The van der Waals surface area contributed by atoms with Crippen LogP contribution >= 0.6 is 22.6 Å². The fraction of sp³-hybridized carbons (Fsp3) is 0.278. The first-order valence-corrected chi connectivity index (χ1v) is 8.98. The molecule has 5 nitrogen and oxygen atoms in total. The van der Waals surface area contributed by atoms with Crippen LogP contribution in [0.4, 0.5) is 0 Å². The van der Waals surface area contributed by atoms with Gasteiger partial charge < -0.3 is 5.32 Å². The van der Waals surface area contributed by atoms with Gasteiger partial charge in [0.05, 0.1) is 17.3 Å². The maximum Gasteiger partial charge on any atom is 0.251 e. The van der Waals surface area contributed by atoms with Crippen LogP contribution in [0.25, 0.3) is 10.9 Å². The molecule has 1 unspecified atom stereocenters. The molecule has 2 heterocycles. The van der Waals surface area contributed by atoms with E-state index in [4.69, 9.17) is 0 Å². The van der Waals surface area contributed by atoms with Gasteiger partial charge in [0, 0.05) is 17.1 Å². The fourth-order valence-corrected chi connectivity index (χ4v) is 3.24. The van der Waals surface area contributed by atoms with E-state index < -0.39 is 0 Å². The van der Waals surface area contributed by atoms with Crippen molar-refractivity contribution in [1.29, 1.82) is 0 Å². The first-order valence-electron chi connectivity index (χ1n) is 7.90. The predicted molar refractivity (Wildman–Crippen MR) is 103 cm³/mol. The molecule has 2 N–H and O–H groups in total. The van der Waals surface area contributed by atoms with Gasteiger partial charge in [-0.25, -0.2) is 0 Å². The highest BCUT2D eigenvalue weighted by atomic mass is 127. The molecule has 0 spiro atoms. The first kappa shape index (κ1) is 16.9. The SMILES string of the molecule is CC(C)CC(NC(=O)c1ccc2[nH]nc(I)c2c1)c1ccccn1. The molecule has 1 amide bonds. The highest BCUT2D eigenvalue weighted by Gasteiger charge is 2.18. The van der Waals surface area contributed by atoms with Gasteiger partial charge in [-0.1, -0.05) is 19.9 Å². The molecule has 0 fully saturated rings. The van der Waals surface area contributed by atoms with E-state index in [0.717, 1.165) is 26.7 Å². The second-order valence-corrected chi connectivity index (χ2v) is 7.21. The van der Waals surface area contributed by atoms with Gasteiger partial charge in [0.1, 0.15) is 3.70 Å². The molecule has 3 aromatic rings. The van der Waals surface area contributed by atoms with Crippen LogP contribution in [0.3, 0.4) is 0 Å². The van der Waals surface area contributed by atoms with E-state index in [-0.39, 0.29) is 11.9 Å². The summed E-state index contributed by atoms with van der Waals surface area (Å²) >= 11 is 2.16. The first-order chi connectivity index (χ1) is 11.5. The Kier molecular flexibility index (Phi) is 5.13. The average Bonchev–Trinajstić information content (AvgIpc) is 2.95. The van der Waals surface area contributed by atoms with Gasteiger partial charge in [-0.2, -0.15) is 5.10 Å². The van der Waals surface area contributed by atoms with Gasteiger partial charge in [0.2, 0.25) is 0 Å². The average molecular weight is 434 g/mol. The largest absolute Gasteiger partial charge is 0.344 e. The lowest BCUT2D eigenvalue weighted by Crippen LogP contribution is -2.30. The molecular formula is C18H19IN4O. The molecule has 0 aliphatic carbocycles. The number of pyridine rings is 1. The van der Waals surface area contributed by atoms with Crippen LogP contribution in [0.2, 0.25) is 0 Å². The number of fused-ring (bicyclic) bond motifs is 1. The summed E-state index contributed by atoms with van der Waals surface area (Å²) in [6, 6.07) is 11.3. The summed E-state index contributed by atoms with van der Waals surface area (Å²) in [6.45, 7) is 4.28. The van der Waals surface area contributed by atoms with Gasteiger partial charge in [-0.15, -0.1) is 0 Å². The van der Waals surface area contributed by atoms with Crippen molar-refractivity contribution < 1.29 is 4.79 Å². The second kappa shape index (κ2) is 7.29. The highest BCUT2D eigenvalue weighted by Crippen LogP contribution is 2.22. The Balaban J connectivity index is 1.85. The maximum atomic E-state index is 12.7. The number of carbonyl (C=O) groups is 1. The highest BCUT2D eigenvalue weighted by molar-refractivity contribution is 14.1. The molecule has 0 saturated heterocycles. The number of rotatable bonds is 5. The summed E-state index contributed by atoms with van der Waals surface area (Å²) in [5.74, 6) is 0.361. The maximum absolute atomic E-state index is 12.7. The number of carbonyl (C=O) groups excluding carboxylic acids is 1. The summed E-state index contributed by atoms with van der Waals surface area (Å²) in [7, 11) is 0. The molecule has 124 valence electrons. The molecule has 1 atom stereocenters. The summed E-state index contributed by atoms with van der Waals surface area (Å²) < 4.78 is 0.862. The van der Waals surface area contributed by atoms with Crippen molar-refractivity contribution in [2.75, 3.05) is 0 Å². The summed E-state index contributed by atoms with van der Waals surface area (Å²) in [4.78, 5) is 17.1. The van der Waals surface area contributed by atoms with Crippen LogP contribution in [0, 0.1) is 9.62 Å². The molecule has 6 heteroatoms. The lowest BCUT2D eigenvalue weighted by Gasteiger charge is -2.20. The van der Waals surface area contributed by atoms with Crippen molar-refractivity contribution in [3.05, 3.63) is 57.6 Å². The smallest absolute Gasteiger partial charge is 0.251 e. The van der Waals surface area contributed by atoms with Gasteiger partial charge in [0.25, 0.3) is 5.91 Å². The number of hydrogen-bond donors (Lipinski definition) is 2. The van der Waals surface area contributed by atoms with Crippen molar-refractivity contribution in [3.8, 4) is 0 Å². The second-order valence-electron chi connectivity index (χ2n) is 6.18. The molecular weight excluding hydrogens is 415 g/mol.